The number of alkyl halides is 3. The van der Waals surface area contributed by atoms with Gasteiger partial charge in [0.25, 0.3) is 5.91 Å². The maximum absolute atomic E-state index is 11.7. The van der Waals surface area contributed by atoms with Gasteiger partial charge in [0.2, 0.25) is 0 Å². The third kappa shape index (κ3) is 4.35. The molecule has 7 heteroatoms. The average molecular weight is 345 g/mol. The van der Waals surface area contributed by atoms with E-state index in [-0.39, 0.29) is 5.56 Å². The highest BCUT2D eigenvalue weighted by Crippen LogP contribution is 2.14. The zero-order chi connectivity index (χ0) is 12.2. The molecule has 3 nitrogen and oxygen atoms in total. The van der Waals surface area contributed by atoms with E-state index in [1.54, 1.807) is 23.7 Å². The highest BCUT2D eigenvalue weighted by molar-refractivity contribution is 14.1. The lowest BCUT2D eigenvalue weighted by atomic mass is 10.2. The fourth-order valence-electron chi connectivity index (χ4n) is 0.884. The smallest absolute Gasteiger partial charge is 0.267 e. The van der Waals surface area contributed by atoms with E-state index < -0.39 is 18.7 Å². The van der Waals surface area contributed by atoms with Crippen molar-refractivity contribution in [2.45, 2.75) is 6.18 Å². The second-order valence-corrected chi connectivity index (χ2v) is 3.98. The monoisotopic (exact) mass is 345 g/mol. The van der Waals surface area contributed by atoms with Crippen molar-refractivity contribution in [3.63, 3.8) is 0 Å². The summed E-state index contributed by atoms with van der Waals surface area (Å²) in [7, 11) is 0. The summed E-state index contributed by atoms with van der Waals surface area (Å²) < 4.78 is 35.8. The lowest BCUT2D eigenvalue weighted by Crippen LogP contribution is -2.29. The number of rotatable bonds is 3. The third-order valence-corrected chi connectivity index (χ3v) is 2.46. The number of hydrogen-bond donors (Lipinski definition) is 1. The van der Waals surface area contributed by atoms with Gasteiger partial charge in [-0.25, -0.2) is 5.48 Å². The summed E-state index contributed by atoms with van der Waals surface area (Å²) in [6.45, 7) is -1.51. The molecule has 1 amide bonds. The van der Waals surface area contributed by atoms with Gasteiger partial charge in [0.15, 0.2) is 6.61 Å². The van der Waals surface area contributed by atoms with Crippen LogP contribution in [0.4, 0.5) is 13.2 Å². The Morgan fingerprint density at radius 1 is 1.38 bits per heavy atom. The first-order chi connectivity index (χ1) is 7.40. The fraction of sp³-hybridized carbons (Fsp3) is 0.222. The Morgan fingerprint density at radius 2 is 2.00 bits per heavy atom. The molecule has 0 bridgehead atoms. The normalized spacial score (nSPS) is 11.2. The van der Waals surface area contributed by atoms with E-state index in [1.165, 1.54) is 6.07 Å². The Balaban J connectivity index is 2.51. The first-order valence-corrected chi connectivity index (χ1v) is 5.21. The Labute approximate surface area is 103 Å². The highest BCUT2D eigenvalue weighted by atomic mass is 127. The summed E-state index contributed by atoms with van der Waals surface area (Å²) in [5.41, 5.74) is 2.00. The van der Waals surface area contributed by atoms with E-state index in [0.717, 1.165) is 0 Å². The van der Waals surface area contributed by atoms with E-state index in [4.69, 9.17) is 0 Å². The van der Waals surface area contributed by atoms with Crippen LogP contribution in [0.5, 0.6) is 0 Å². The standard InChI is InChI=1S/C9H7F3INO2/c10-9(11,12)5-16-14-8(15)6-3-1-2-4-7(6)13/h1-4H,5H2,(H,14,15). The second-order valence-electron chi connectivity index (χ2n) is 2.81. The quantitative estimate of drug-likeness (QED) is 0.675. The molecule has 88 valence electrons. The number of carbonyl (C=O) groups is 1. The summed E-state index contributed by atoms with van der Waals surface area (Å²) >= 11 is 1.90. The maximum atomic E-state index is 11.7. The Bertz CT molecular complexity index is 381. The molecule has 0 aliphatic carbocycles. The van der Waals surface area contributed by atoms with Crippen LogP contribution in [0.15, 0.2) is 24.3 Å². The number of hydrogen-bond acceptors (Lipinski definition) is 2. The molecule has 0 saturated carbocycles. The topological polar surface area (TPSA) is 38.3 Å². The molecule has 0 aromatic heterocycles. The second kappa shape index (κ2) is 5.48. The Morgan fingerprint density at radius 3 is 2.56 bits per heavy atom. The molecule has 0 radical (unpaired) electrons. The molecule has 0 aliphatic rings. The summed E-state index contributed by atoms with van der Waals surface area (Å²) in [5.74, 6) is -0.700. The number of halogens is 4. The third-order valence-electron chi connectivity index (χ3n) is 1.52. The van der Waals surface area contributed by atoms with Crippen LogP contribution in [0.1, 0.15) is 10.4 Å². The van der Waals surface area contributed by atoms with Gasteiger partial charge in [-0.2, -0.15) is 13.2 Å². The van der Waals surface area contributed by atoms with Gasteiger partial charge in [-0.05, 0) is 34.7 Å². The molecule has 1 rings (SSSR count). The van der Waals surface area contributed by atoms with Crippen molar-refractivity contribution < 1.29 is 22.8 Å². The molecule has 0 atom stereocenters. The van der Waals surface area contributed by atoms with Crippen LogP contribution in [0.3, 0.4) is 0 Å². The zero-order valence-corrected chi connectivity index (χ0v) is 10.0. The fourth-order valence-corrected chi connectivity index (χ4v) is 1.52. The van der Waals surface area contributed by atoms with Crippen LogP contribution >= 0.6 is 22.6 Å². The molecule has 16 heavy (non-hydrogen) atoms. The summed E-state index contributed by atoms with van der Waals surface area (Å²) in [5, 5.41) is 0. The minimum Gasteiger partial charge on any atom is -0.267 e. The van der Waals surface area contributed by atoms with Gasteiger partial charge in [-0.3, -0.25) is 9.63 Å². The van der Waals surface area contributed by atoms with E-state index in [1.807, 2.05) is 22.6 Å². The molecular weight excluding hydrogens is 338 g/mol. The van der Waals surface area contributed by atoms with Gasteiger partial charge in [-0.15, -0.1) is 0 Å². The predicted molar refractivity (Wildman–Crippen MR) is 58.6 cm³/mol. The van der Waals surface area contributed by atoms with Crippen molar-refractivity contribution in [3.8, 4) is 0 Å². The van der Waals surface area contributed by atoms with E-state index in [2.05, 4.69) is 4.84 Å². The number of benzene rings is 1. The summed E-state index contributed by atoms with van der Waals surface area (Å²) in [6.07, 6.45) is -4.46. The SMILES string of the molecule is O=C(NOCC(F)(F)F)c1ccccc1I. The van der Waals surface area contributed by atoms with Crippen LogP contribution in [0.25, 0.3) is 0 Å². The van der Waals surface area contributed by atoms with Crippen LogP contribution in [0, 0.1) is 3.57 Å². The highest BCUT2D eigenvalue weighted by Gasteiger charge is 2.28. The van der Waals surface area contributed by atoms with E-state index >= 15 is 0 Å². The van der Waals surface area contributed by atoms with Gasteiger partial charge in [0.05, 0.1) is 5.56 Å². The van der Waals surface area contributed by atoms with Gasteiger partial charge in [-0.1, -0.05) is 12.1 Å². The van der Waals surface area contributed by atoms with Crippen molar-refractivity contribution in [1.82, 2.24) is 5.48 Å². The molecular formula is C9H7F3INO2. The molecule has 0 unspecified atom stereocenters. The number of nitrogens with one attached hydrogen (secondary N) is 1. The minimum absolute atomic E-state index is 0.269. The Hall–Kier alpha value is -0.830. The molecule has 0 saturated heterocycles. The lowest BCUT2D eigenvalue weighted by Gasteiger charge is -2.08. The van der Waals surface area contributed by atoms with E-state index in [9.17, 15) is 18.0 Å². The molecule has 0 fully saturated rings. The number of hydroxylamine groups is 1. The largest absolute Gasteiger partial charge is 0.414 e. The van der Waals surface area contributed by atoms with Crippen molar-refractivity contribution in [1.29, 1.82) is 0 Å². The first kappa shape index (κ1) is 13.2. The molecule has 1 aromatic rings. The van der Waals surface area contributed by atoms with Crippen LogP contribution in [-0.2, 0) is 4.84 Å². The molecule has 0 heterocycles. The maximum Gasteiger partial charge on any atom is 0.414 e. The van der Waals surface area contributed by atoms with E-state index in [0.29, 0.717) is 3.57 Å². The number of amides is 1. The Kier molecular flexibility index (Phi) is 4.54. The van der Waals surface area contributed by atoms with Gasteiger partial charge < -0.3 is 0 Å². The van der Waals surface area contributed by atoms with Crippen LogP contribution in [0.2, 0.25) is 0 Å². The molecule has 0 aliphatic heterocycles. The van der Waals surface area contributed by atoms with Crippen molar-refractivity contribution in [2.24, 2.45) is 0 Å². The van der Waals surface area contributed by atoms with Crippen molar-refractivity contribution in [3.05, 3.63) is 33.4 Å². The number of carbonyl (C=O) groups excluding carboxylic acids is 1. The summed E-state index contributed by atoms with van der Waals surface area (Å²) in [4.78, 5) is 15.4. The predicted octanol–water partition coefficient (Wildman–Crippen LogP) is 2.51. The van der Waals surface area contributed by atoms with Crippen LogP contribution < -0.4 is 5.48 Å². The molecule has 0 spiro atoms. The van der Waals surface area contributed by atoms with Gasteiger partial charge in [0, 0.05) is 3.57 Å². The first-order valence-electron chi connectivity index (χ1n) is 4.13. The summed E-state index contributed by atoms with van der Waals surface area (Å²) in [6, 6.07) is 6.49. The van der Waals surface area contributed by atoms with Gasteiger partial charge >= 0.3 is 6.18 Å². The lowest BCUT2D eigenvalue weighted by molar-refractivity contribution is -0.184. The zero-order valence-electron chi connectivity index (χ0n) is 7.84. The van der Waals surface area contributed by atoms with Crippen LogP contribution in [-0.4, -0.2) is 18.7 Å². The van der Waals surface area contributed by atoms with Crippen molar-refractivity contribution >= 4 is 28.5 Å². The molecule has 1 aromatic carbocycles. The van der Waals surface area contributed by atoms with Crippen molar-refractivity contribution in [2.75, 3.05) is 6.61 Å². The van der Waals surface area contributed by atoms with Gasteiger partial charge in [0.1, 0.15) is 0 Å². The minimum atomic E-state index is -4.46. The average Bonchev–Trinajstić information content (AvgIpc) is 2.16. The molecule has 1 N–H and O–H groups in total.